The highest BCUT2D eigenvalue weighted by molar-refractivity contribution is 7.80. The Morgan fingerprint density at radius 1 is 1.17 bits per heavy atom. The van der Waals surface area contributed by atoms with Crippen LogP contribution >= 0.6 is 12.2 Å². The molecule has 2 rings (SSSR count). The lowest BCUT2D eigenvalue weighted by Gasteiger charge is -2.39. The van der Waals surface area contributed by atoms with E-state index in [1.165, 1.54) is 43.2 Å². The van der Waals surface area contributed by atoms with Gasteiger partial charge < -0.3 is 10.6 Å². The van der Waals surface area contributed by atoms with Gasteiger partial charge in [0.25, 0.3) is 0 Å². The van der Waals surface area contributed by atoms with Gasteiger partial charge in [0.2, 0.25) is 0 Å². The van der Waals surface area contributed by atoms with Gasteiger partial charge in [-0.25, -0.2) is 0 Å². The summed E-state index contributed by atoms with van der Waals surface area (Å²) in [5, 5.41) is 7.66. The average molecular weight is 333 g/mol. The number of rotatable bonds is 4. The van der Waals surface area contributed by atoms with Crippen molar-refractivity contribution in [2.24, 2.45) is 11.3 Å². The number of benzene rings is 1. The highest BCUT2D eigenvalue weighted by Crippen LogP contribution is 2.40. The number of hydrogen-bond donors (Lipinski definition) is 2. The highest BCUT2D eigenvalue weighted by atomic mass is 32.1. The molecule has 0 saturated heterocycles. The van der Waals surface area contributed by atoms with Crippen LogP contribution in [-0.4, -0.2) is 11.2 Å². The van der Waals surface area contributed by atoms with E-state index in [1.807, 2.05) is 0 Å². The zero-order valence-corrected chi connectivity index (χ0v) is 16.1. The third kappa shape index (κ3) is 4.69. The summed E-state index contributed by atoms with van der Waals surface area (Å²) in [6.45, 7) is 11.4. The topological polar surface area (TPSA) is 24.1 Å². The standard InChI is InChI=1S/C20H32N2S/c1-6-20(4,5)16-10-12-17(13-11-16)21-19(23)22-18-9-7-8-14(2)15(18)3/h7-9,16-17H,6,10-13H2,1-5H3,(H2,21,22,23). The molecule has 0 bridgehead atoms. The summed E-state index contributed by atoms with van der Waals surface area (Å²) in [4.78, 5) is 0. The fourth-order valence-corrected chi connectivity index (χ4v) is 3.81. The quantitative estimate of drug-likeness (QED) is 0.703. The van der Waals surface area contributed by atoms with Crippen molar-refractivity contribution in [1.29, 1.82) is 0 Å². The molecular formula is C20H32N2S. The van der Waals surface area contributed by atoms with E-state index < -0.39 is 0 Å². The van der Waals surface area contributed by atoms with Crippen LogP contribution in [0, 0.1) is 25.2 Å². The van der Waals surface area contributed by atoms with Crippen LogP contribution in [-0.2, 0) is 0 Å². The van der Waals surface area contributed by atoms with Gasteiger partial charge in [0.05, 0.1) is 0 Å². The van der Waals surface area contributed by atoms with Gasteiger partial charge in [0, 0.05) is 11.7 Å². The maximum Gasteiger partial charge on any atom is 0.171 e. The molecule has 1 saturated carbocycles. The first-order chi connectivity index (χ1) is 10.8. The molecule has 0 heterocycles. The Morgan fingerprint density at radius 2 is 1.83 bits per heavy atom. The second-order valence-electron chi connectivity index (χ2n) is 7.74. The summed E-state index contributed by atoms with van der Waals surface area (Å²) in [5.74, 6) is 0.853. The minimum atomic E-state index is 0.475. The van der Waals surface area contributed by atoms with Gasteiger partial charge in [0.15, 0.2) is 5.11 Å². The molecule has 0 atom stereocenters. The molecule has 128 valence electrons. The van der Waals surface area contributed by atoms with Gasteiger partial charge >= 0.3 is 0 Å². The number of aryl methyl sites for hydroxylation is 1. The fourth-order valence-electron chi connectivity index (χ4n) is 3.54. The molecular weight excluding hydrogens is 300 g/mol. The summed E-state index contributed by atoms with van der Waals surface area (Å²) in [6, 6.07) is 6.82. The zero-order valence-electron chi connectivity index (χ0n) is 15.3. The molecule has 1 aliphatic carbocycles. The summed E-state index contributed by atoms with van der Waals surface area (Å²) < 4.78 is 0. The van der Waals surface area contributed by atoms with Crippen molar-refractivity contribution >= 4 is 23.0 Å². The molecule has 1 aromatic carbocycles. The van der Waals surface area contributed by atoms with Crippen LogP contribution in [0.15, 0.2) is 18.2 Å². The first-order valence-electron chi connectivity index (χ1n) is 8.97. The first-order valence-corrected chi connectivity index (χ1v) is 9.38. The molecule has 0 aliphatic heterocycles. The number of nitrogens with one attached hydrogen (secondary N) is 2. The Labute approximate surface area is 147 Å². The monoisotopic (exact) mass is 332 g/mol. The van der Waals surface area contributed by atoms with E-state index >= 15 is 0 Å². The Hall–Kier alpha value is -1.09. The Kier molecular flexibility index (Phi) is 6.07. The molecule has 0 radical (unpaired) electrons. The van der Waals surface area contributed by atoms with E-state index in [2.05, 4.69) is 63.5 Å². The van der Waals surface area contributed by atoms with Gasteiger partial charge in [0.1, 0.15) is 0 Å². The number of thiocarbonyl (C=S) groups is 1. The molecule has 0 aromatic heterocycles. The van der Waals surface area contributed by atoms with Crippen molar-refractivity contribution in [3.05, 3.63) is 29.3 Å². The predicted molar refractivity (Wildman–Crippen MR) is 105 cm³/mol. The molecule has 2 nitrogen and oxygen atoms in total. The van der Waals surface area contributed by atoms with Crippen molar-refractivity contribution in [2.75, 3.05) is 5.32 Å². The average Bonchev–Trinajstić information content (AvgIpc) is 2.52. The summed E-state index contributed by atoms with van der Waals surface area (Å²) in [7, 11) is 0. The number of anilines is 1. The third-order valence-electron chi connectivity index (χ3n) is 5.93. The van der Waals surface area contributed by atoms with E-state index in [4.69, 9.17) is 12.2 Å². The first kappa shape index (κ1) is 18.3. The van der Waals surface area contributed by atoms with Gasteiger partial charge in [-0.1, -0.05) is 39.3 Å². The van der Waals surface area contributed by atoms with Crippen LogP contribution in [0.3, 0.4) is 0 Å². The number of hydrogen-bond acceptors (Lipinski definition) is 1. The van der Waals surface area contributed by atoms with Crippen molar-refractivity contribution in [1.82, 2.24) is 5.32 Å². The summed E-state index contributed by atoms with van der Waals surface area (Å²) in [6.07, 6.45) is 6.34. The Balaban J connectivity index is 1.84. The maximum atomic E-state index is 5.52. The normalized spacial score (nSPS) is 21.8. The second-order valence-corrected chi connectivity index (χ2v) is 8.14. The SMILES string of the molecule is CCC(C)(C)C1CCC(NC(=S)Nc2cccc(C)c2C)CC1. The van der Waals surface area contributed by atoms with Crippen LogP contribution in [0.5, 0.6) is 0 Å². The van der Waals surface area contributed by atoms with Gasteiger partial charge in [-0.2, -0.15) is 0 Å². The van der Waals surface area contributed by atoms with Crippen molar-refractivity contribution in [2.45, 2.75) is 72.8 Å². The van der Waals surface area contributed by atoms with Crippen molar-refractivity contribution < 1.29 is 0 Å². The molecule has 23 heavy (non-hydrogen) atoms. The predicted octanol–water partition coefficient (Wildman–Crippen LogP) is 5.58. The van der Waals surface area contributed by atoms with Crippen LogP contribution in [0.2, 0.25) is 0 Å². The molecule has 1 aliphatic rings. The lowest BCUT2D eigenvalue weighted by atomic mass is 9.69. The van der Waals surface area contributed by atoms with E-state index in [0.717, 1.165) is 16.7 Å². The molecule has 2 N–H and O–H groups in total. The maximum absolute atomic E-state index is 5.52. The van der Waals surface area contributed by atoms with Crippen LogP contribution in [0.1, 0.15) is 64.0 Å². The minimum Gasteiger partial charge on any atom is -0.360 e. The highest BCUT2D eigenvalue weighted by Gasteiger charge is 2.31. The van der Waals surface area contributed by atoms with Crippen molar-refractivity contribution in [3.63, 3.8) is 0 Å². The van der Waals surface area contributed by atoms with E-state index in [1.54, 1.807) is 0 Å². The fraction of sp³-hybridized carbons (Fsp3) is 0.650. The molecule has 3 heteroatoms. The summed E-state index contributed by atoms with van der Waals surface area (Å²) in [5.41, 5.74) is 4.15. The van der Waals surface area contributed by atoms with E-state index in [-0.39, 0.29) is 0 Å². The lowest BCUT2D eigenvalue weighted by Crippen LogP contribution is -2.41. The van der Waals surface area contributed by atoms with Crippen molar-refractivity contribution in [3.8, 4) is 0 Å². The molecule has 0 spiro atoms. The van der Waals surface area contributed by atoms with Crippen LogP contribution < -0.4 is 10.6 Å². The van der Waals surface area contributed by atoms with E-state index in [9.17, 15) is 0 Å². The summed E-state index contributed by atoms with van der Waals surface area (Å²) >= 11 is 5.52. The van der Waals surface area contributed by atoms with Gasteiger partial charge in [-0.3, -0.25) is 0 Å². The Morgan fingerprint density at radius 3 is 2.43 bits per heavy atom. The minimum absolute atomic E-state index is 0.475. The largest absolute Gasteiger partial charge is 0.360 e. The Bertz CT molecular complexity index is 543. The lowest BCUT2D eigenvalue weighted by molar-refractivity contribution is 0.141. The second kappa shape index (κ2) is 7.65. The molecule has 1 aromatic rings. The zero-order chi connectivity index (χ0) is 17.0. The molecule has 0 amide bonds. The molecule has 0 unspecified atom stereocenters. The van der Waals surface area contributed by atoms with Crippen LogP contribution in [0.25, 0.3) is 0 Å². The smallest absolute Gasteiger partial charge is 0.171 e. The van der Waals surface area contributed by atoms with Gasteiger partial charge in [-0.05, 0) is 80.3 Å². The van der Waals surface area contributed by atoms with Gasteiger partial charge in [-0.15, -0.1) is 0 Å². The van der Waals surface area contributed by atoms with E-state index in [0.29, 0.717) is 11.5 Å². The third-order valence-corrected chi connectivity index (χ3v) is 6.15. The molecule has 1 fully saturated rings. The van der Waals surface area contributed by atoms with Crippen LogP contribution in [0.4, 0.5) is 5.69 Å².